The van der Waals surface area contributed by atoms with Crippen LogP contribution in [0.2, 0.25) is 0 Å². The van der Waals surface area contributed by atoms with Crippen LogP contribution in [0, 0.1) is 0 Å². The molecular weight excluding hydrogens is 252 g/mol. The van der Waals surface area contributed by atoms with Crippen molar-refractivity contribution in [1.82, 2.24) is 19.8 Å². The summed E-state index contributed by atoms with van der Waals surface area (Å²) in [6, 6.07) is 0. The molecule has 2 rings (SSSR count). The van der Waals surface area contributed by atoms with Crippen LogP contribution in [-0.2, 0) is 11.2 Å². The number of hydrogen-bond donors (Lipinski definition) is 1. The first-order chi connectivity index (χ1) is 8.48. The average Bonchev–Trinajstić information content (AvgIpc) is 2.80. The Balaban J connectivity index is 2.31. The zero-order chi connectivity index (χ0) is 13.3. The topological polar surface area (TPSA) is 75.2 Å². The molecule has 0 bridgehead atoms. The van der Waals surface area contributed by atoms with E-state index in [4.69, 9.17) is 0 Å². The minimum absolute atomic E-state index is 0.127. The minimum atomic E-state index is -0.829. The number of amides is 2. The number of nitrogens with one attached hydrogen (secondary N) is 1. The van der Waals surface area contributed by atoms with E-state index in [0.717, 1.165) is 11.5 Å². The van der Waals surface area contributed by atoms with Crippen LogP contribution in [0.25, 0.3) is 0 Å². The predicted octanol–water partition coefficient (Wildman–Crippen LogP) is 0.451. The van der Waals surface area contributed by atoms with E-state index in [1.54, 1.807) is 18.7 Å². The van der Waals surface area contributed by atoms with Gasteiger partial charge in [0.15, 0.2) is 0 Å². The second-order valence-electron chi connectivity index (χ2n) is 4.67. The molecule has 0 aromatic carbocycles. The molecule has 7 heteroatoms. The van der Waals surface area contributed by atoms with E-state index in [0.29, 0.717) is 30.1 Å². The second kappa shape index (κ2) is 4.64. The maximum atomic E-state index is 12.5. The second-order valence-corrected chi connectivity index (χ2v) is 5.43. The van der Waals surface area contributed by atoms with Crippen molar-refractivity contribution in [2.45, 2.75) is 32.7 Å². The summed E-state index contributed by atoms with van der Waals surface area (Å²) in [6.07, 6.45) is 0.665. The zero-order valence-corrected chi connectivity index (χ0v) is 11.5. The third-order valence-corrected chi connectivity index (χ3v) is 3.94. The minimum Gasteiger partial charge on any atom is -0.352 e. The Morgan fingerprint density at radius 1 is 1.56 bits per heavy atom. The number of carbonyl (C=O) groups is 2. The quantitative estimate of drug-likeness (QED) is 0.845. The summed E-state index contributed by atoms with van der Waals surface area (Å²) in [5.41, 5.74) is -0.128. The first-order valence-electron chi connectivity index (χ1n) is 5.90. The summed E-state index contributed by atoms with van der Waals surface area (Å²) in [5, 5.41) is 6.71. The summed E-state index contributed by atoms with van der Waals surface area (Å²) in [5.74, 6) is -0.278. The number of aromatic nitrogens is 2. The van der Waals surface area contributed by atoms with Gasteiger partial charge in [0.25, 0.3) is 5.91 Å². The van der Waals surface area contributed by atoms with Gasteiger partial charge in [-0.2, -0.15) is 0 Å². The molecule has 1 fully saturated rings. The number of piperazine rings is 1. The number of rotatable bonds is 2. The molecule has 18 heavy (non-hydrogen) atoms. The maximum absolute atomic E-state index is 12.5. The molecule has 1 aromatic rings. The fourth-order valence-electron chi connectivity index (χ4n) is 1.98. The molecular formula is C11H16N4O2S. The van der Waals surface area contributed by atoms with Crippen LogP contribution < -0.4 is 5.32 Å². The van der Waals surface area contributed by atoms with Gasteiger partial charge in [-0.25, -0.2) is 0 Å². The van der Waals surface area contributed by atoms with Gasteiger partial charge >= 0.3 is 0 Å². The zero-order valence-electron chi connectivity index (χ0n) is 10.7. The van der Waals surface area contributed by atoms with Gasteiger partial charge in [-0.1, -0.05) is 11.4 Å². The fourth-order valence-corrected chi connectivity index (χ4v) is 2.68. The van der Waals surface area contributed by atoms with Crippen LogP contribution in [0.4, 0.5) is 0 Å². The van der Waals surface area contributed by atoms with Gasteiger partial charge in [0.05, 0.1) is 5.69 Å². The number of nitrogens with zero attached hydrogens (tertiary/aromatic N) is 3. The molecule has 1 aliphatic rings. The van der Waals surface area contributed by atoms with Crippen molar-refractivity contribution in [3.8, 4) is 0 Å². The molecule has 0 aliphatic carbocycles. The first kappa shape index (κ1) is 12.9. The molecule has 2 amide bonds. The summed E-state index contributed by atoms with van der Waals surface area (Å²) < 4.78 is 3.82. The molecule has 1 N–H and O–H groups in total. The van der Waals surface area contributed by atoms with E-state index < -0.39 is 5.54 Å². The molecule has 0 saturated carbocycles. The largest absolute Gasteiger partial charge is 0.352 e. The third kappa shape index (κ3) is 1.98. The summed E-state index contributed by atoms with van der Waals surface area (Å²) >= 11 is 1.09. The lowest BCUT2D eigenvalue weighted by molar-refractivity contribution is -0.133. The first-order valence-corrected chi connectivity index (χ1v) is 6.67. The van der Waals surface area contributed by atoms with E-state index in [9.17, 15) is 9.59 Å². The molecule has 0 unspecified atom stereocenters. The smallest absolute Gasteiger partial charge is 0.268 e. The van der Waals surface area contributed by atoms with Crippen LogP contribution in [0.15, 0.2) is 0 Å². The Bertz CT molecular complexity index is 483. The summed E-state index contributed by atoms with van der Waals surface area (Å²) in [6.45, 7) is 6.43. The van der Waals surface area contributed by atoms with E-state index in [1.807, 2.05) is 6.92 Å². The molecule has 1 aromatic heterocycles. The van der Waals surface area contributed by atoms with E-state index in [1.165, 1.54) is 0 Å². The SMILES string of the molecule is CCc1nnsc1C(=O)N1CCNC(=O)C1(C)C. The summed E-state index contributed by atoms with van der Waals surface area (Å²) in [4.78, 5) is 26.4. The molecule has 6 nitrogen and oxygen atoms in total. The van der Waals surface area contributed by atoms with E-state index in [-0.39, 0.29) is 11.8 Å². The van der Waals surface area contributed by atoms with Crippen molar-refractivity contribution >= 4 is 23.3 Å². The Morgan fingerprint density at radius 2 is 2.28 bits per heavy atom. The lowest BCUT2D eigenvalue weighted by atomic mass is 9.98. The number of hydrogen-bond acceptors (Lipinski definition) is 5. The average molecular weight is 268 g/mol. The van der Waals surface area contributed by atoms with Gasteiger partial charge in [-0.05, 0) is 31.8 Å². The van der Waals surface area contributed by atoms with Gasteiger partial charge in [-0.15, -0.1) is 5.10 Å². The Labute approximate surface area is 110 Å². The van der Waals surface area contributed by atoms with E-state index in [2.05, 4.69) is 14.9 Å². The number of carbonyl (C=O) groups excluding carboxylic acids is 2. The predicted molar refractivity (Wildman–Crippen MR) is 67.4 cm³/mol. The lowest BCUT2D eigenvalue weighted by Gasteiger charge is -2.40. The van der Waals surface area contributed by atoms with Gasteiger partial charge in [0, 0.05) is 13.1 Å². The third-order valence-electron chi connectivity index (χ3n) is 3.18. The Morgan fingerprint density at radius 3 is 2.94 bits per heavy atom. The highest BCUT2D eigenvalue weighted by molar-refractivity contribution is 7.08. The van der Waals surface area contributed by atoms with Crippen molar-refractivity contribution in [3.63, 3.8) is 0 Å². The van der Waals surface area contributed by atoms with E-state index >= 15 is 0 Å². The highest BCUT2D eigenvalue weighted by Crippen LogP contribution is 2.23. The Hall–Kier alpha value is -1.50. The van der Waals surface area contributed by atoms with Crippen LogP contribution in [0.5, 0.6) is 0 Å². The van der Waals surface area contributed by atoms with Gasteiger partial charge in [0.2, 0.25) is 5.91 Å². The molecule has 2 heterocycles. The van der Waals surface area contributed by atoms with Crippen LogP contribution >= 0.6 is 11.5 Å². The van der Waals surface area contributed by atoms with Crippen molar-refractivity contribution < 1.29 is 9.59 Å². The van der Waals surface area contributed by atoms with Crippen molar-refractivity contribution in [2.24, 2.45) is 0 Å². The molecule has 98 valence electrons. The highest BCUT2D eigenvalue weighted by Gasteiger charge is 2.41. The molecule has 0 radical (unpaired) electrons. The molecule has 0 atom stereocenters. The van der Waals surface area contributed by atoms with Crippen molar-refractivity contribution in [1.29, 1.82) is 0 Å². The molecule has 1 saturated heterocycles. The monoisotopic (exact) mass is 268 g/mol. The molecule has 1 aliphatic heterocycles. The van der Waals surface area contributed by atoms with Crippen LogP contribution in [-0.4, -0.2) is 44.9 Å². The van der Waals surface area contributed by atoms with Gasteiger partial charge in [-0.3, -0.25) is 9.59 Å². The highest BCUT2D eigenvalue weighted by atomic mass is 32.1. The van der Waals surface area contributed by atoms with Gasteiger partial charge in [0.1, 0.15) is 10.4 Å². The van der Waals surface area contributed by atoms with Crippen LogP contribution in [0.1, 0.15) is 36.1 Å². The fraction of sp³-hybridized carbons (Fsp3) is 0.636. The van der Waals surface area contributed by atoms with Crippen molar-refractivity contribution in [3.05, 3.63) is 10.6 Å². The maximum Gasteiger partial charge on any atom is 0.268 e. The van der Waals surface area contributed by atoms with Gasteiger partial charge < -0.3 is 10.2 Å². The van der Waals surface area contributed by atoms with Crippen LogP contribution in [0.3, 0.4) is 0 Å². The lowest BCUT2D eigenvalue weighted by Crippen LogP contribution is -2.63. The summed E-state index contributed by atoms with van der Waals surface area (Å²) in [7, 11) is 0. The standard InChI is InChI=1S/C11H16N4O2S/c1-4-7-8(18-14-13-7)9(16)15-6-5-12-10(17)11(15,2)3/h4-6H2,1-3H3,(H,12,17). The molecule has 0 spiro atoms. The normalized spacial score (nSPS) is 18.6. The number of aryl methyl sites for hydroxylation is 1. The van der Waals surface area contributed by atoms with Crippen molar-refractivity contribution in [2.75, 3.05) is 13.1 Å². The Kier molecular flexibility index (Phi) is 3.34.